The van der Waals surface area contributed by atoms with Gasteiger partial charge >= 0.3 is 0 Å². The van der Waals surface area contributed by atoms with E-state index in [-0.39, 0.29) is 12.3 Å². The van der Waals surface area contributed by atoms with E-state index in [0.29, 0.717) is 19.5 Å². The molecule has 0 aromatic carbocycles. The standard InChI is InChI=1S/C7H16N2O3S/c1-8-3-5-13(11,12)9-4-2-7(10)6-9/h7-8,10H,2-6H2,1H3. The first kappa shape index (κ1) is 10.9. The van der Waals surface area contributed by atoms with Crippen LogP contribution < -0.4 is 5.32 Å². The average Bonchev–Trinajstić information content (AvgIpc) is 2.49. The summed E-state index contributed by atoms with van der Waals surface area (Å²) in [6, 6.07) is 0. The first-order valence-corrected chi connectivity index (χ1v) is 5.97. The molecular weight excluding hydrogens is 192 g/mol. The molecule has 2 N–H and O–H groups in total. The summed E-state index contributed by atoms with van der Waals surface area (Å²) in [5.41, 5.74) is 0. The minimum absolute atomic E-state index is 0.107. The summed E-state index contributed by atoms with van der Waals surface area (Å²) in [5.74, 6) is 0.107. The first-order valence-electron chi connectivity index (χ1n) is 4.37. The molecular formula is C7H16N2O3S. The van der Waals surface area contributed by atoms with Crippen molar-refractivity contribution in [3.8, 4) is 0 Å². The van der Waals surface area contributed by atoms with Crippen LogP contribution in [0, 0.1) is 0 Å². The van der Waals surface area contributed by atoms with E-state index >= 15 is 0 Å². The Morgan fingerprint density at radius 2 is 2.31 bits per heavy atom. The summed E-state index contributed by atoms with van der Waals surface area (Å²) < 4.78 is 24.4. The zero-order valence-electron chi connectivity index (χ0n) is 7.73. The van der Waals surface area contributed by atoms with Crippen LogP contribution in [0.5, 0.6) is 0 Å². The number of β-amino-alcohol motifs (C(OH)–C–C–N with tert-alkyl or cyclic N) is 1. The van der Waals surface area contributed by atoms with Gasteiger partial charge < -0.3 is 10.4 Å². The molecule has 0 aliphatic carbocycles. The van der Waals surface area contributed by atoms with Crippen molar-refractivity contribution in [2.24, 2.45) is 0 Å². The number of aliphatic hydroxyl groups is 1. The van der Waals surface area contributed by atoms with Gasteiger partial charge in [0.05, 0.1) is 11.9 Å². The van der Waals surface area contributed by atoms with Crippen LogP contribution in [0.2, 0.25) is 0 Å². The highest BCUT2D eigenvalue weighted by Crippen LogP contribution is 2.13. The van der Waals surface area contributed by atoms with Crippen LogP contribution in [-0.4, -0.2) is 56.4 Å². The monoisotopic (exact) mass is 208 g/mol. The van der Waals surface area contributed by atoms with Crippen molar-refractivity contribution in [1.82, 2.24) is 9.62 Å². The van der Waals surface area contributed by atoms with Gasteiger partial charge in [-0.25, -0.2) is 8.42 Å². The topological polar surface area (TPSA) is 69.6 Å². The molecule has 5 nitrogen and oxygen atoms in total. The van der Waals surface area contributed by atoms with E-state index in [2.05, 4.69) is 5.32 Å². The summed E-state index contributed by atoms with van der Waals surface area (Å²) >= 11 is 0. The average molecular weight is 208 g/mol. The zero-order valence-corrected chi connectivity index (χ0v) is 8.55. The summed E-state index contributed by atoms with van der Waals surface area (Å²) in [7, 11) is -1.43. The molecule has 0 radical (unpaired) electrons. The molecule has 0 bridgehead atoms. The molecule has 0 spiro atoms. The van der Waals surface area contributed by atoms with Gasteiger partial charge in [0.25, 0.3) is 0 Å². The molecule has 6 heteroatoms. The number of hydrogen-bond donors (Lipinski definition) is 2. The number of rotatable bonds is 4. The molecule has 0 aromatic rings. The summed E-state index contributed by atoms with van der Waals surface area (Å²) in [4.78, 5) is 0. The van der Waals surface area contributed by atoms with Crippen LogP contribution in [0.4, 0.5) is 0 Å². The third-order valence-electron chi connectivity index (χ3n) is 2.13. The third-order valence-corrected chi connectivity index (χ3v) is 3.97. The van der Waals surface area contributed by atoms with Gasteiger partial charge in [-0.1, -0.05) is 0 Å². The predicted molar refractivity (Wildman–Crippen MR) is 49.9 cm³/mol. The summed E-state index contributed by atoms with van der Waals surface area (Å²) in [6.45, 7) is 1.16. The fourth-order valence-corrected chi connectivity index (χ4v) is 2.83. The Bertz CT molecular complexity index is 252. The number of hydrogen-bond acceptors (Lipinski definition) is 4. The predicted octanol–water partition coefficient (Wildman–Crippen LogP) is -1.40. The van der Waals surface area contributed by atoms with E-state index in [0.717, 1.165) is 0 Å². The van der Waals surface area contributed by atoms with Crippen molar-refractivity contribution in [2.75, 3.05) is 32.4 Å². The number of nitrogens with zero attached hydrogens (tertiary/aromatic N) is 1. The maximum Gasteiger partial charge on any atom is 0.215 e. The van der Waals surface area contributed by atoms with Crippen LogP contribution in [0.25, 0.3) is 0 Å². The quantitative estimate of drug-likeness (QED) is 0.596. The molecule has 1 aliphatic rings. The van der Waals surface area contributed by atoms with Crippen molar-refractivity contribution in [2.45, 2.75) is 12.5 Å². The fraction of sp³-hybridized carbons (Fsp3) is 1.00. The van der Waals surface area contributed by atoms with Gasteiger partial charge in [-0.3, -0.25) is 0 Å². The van der Waals surface area contributed by atoms with E-state index in [1.807, 2.05) is 0 Å². The minimum Gasteiger partial charge on any atom is -0.392 e. The Balaban J connectivity index is 2.50. The number of aliphatic hydroxyl groups excluding tert-OH is 1. The van der Waals surface area contributed by atoms with Crippen molar-refractivity contribution < 1.29 is 13.5 Å². The lowest BCUT2D eigenvalue weighted by Crippen LogP contribution is -2.34. The van der Waals surface area contributed by atoms with Crippen molar-refractivity contribution >= 4 is 10.0 Å². The number of sulfonamides is 1. The van der Waals surface area contributed by atoms with Crippen molar-refractivity contribution in [1.29, 1.82) is 0 Å². The van der Waals surface area contributed by atoms with Gasteiger partial charge in [0.15, 0.2) is 0 Å². The van der Waals surface area contributed by atoms with Crippen LogP contribution in [0.3, 0.4) is 0 Å². The van der Waals surface area contributed by atoms with Crippen LogP contribution >= 0.6 is 0 Å². The second kappa shape index (κ2) is 4.36. The van der Waals surface area contributed by atoms with Crippen LogP contribution in [0.15, 0.2) is 0 Å². The molecule has 1 fully saturated rings. The molecule has 0 amide bonds. The molecule has 1 saturated heterocycles. The fourth-order valence-electron chi connectivity index (χ4n) is 1.32. The Morgan fingerprint density at radius 3 is 2.77 bits per heavy atom. The van der Waals surface area contributed by atoms with Gasteiger partial charge in [-0.2, -0.15) is 4.31 Å². The summed E-state index contributed by atoms with van der Waals surface area (Å²) in [5, 5.41) is 12.0. The lowest BCUT2D eigenvalue weighted by atomic mass is 10.3. The lowest BCUT2D eigenvalue weighted by Gasteiger charge is -2.14. The molecule has 1 atom stereocenters. The highest BCUT2D eigenvalue weighted by atomic mass is 32.2. The van der Waals surface area contributed by atoms with Gasteiger partial charge in [-0.15, -0.1) is 0 Å². The van der Waals surface area contributed by atoms with Gasteiger partial charge in [0.1, 0.15) is 0 Å². The number of nitrogens with one attached hydrogen (secondary N) is 1. The second-order valence-corrected chi connectivity index (χ2v) is 5.31. The van der Waals surface area contributed by atoms with Gasteiger partial charge in [-0.05, 0) is 13.5 Å². The Kier molecular flexibility index (Phi) is 3.66. The molecule has 0 aromatic heterocycles. The molecule has 1 heterocycles. The Morgan fingerprint density at radius 1 is 1.62 bits per heavy atom. The largest absolute Gasteiger partial charge is 0.392 e. The van der Waals surface area contributed by atoms with Gasteiger partial charge in [0.2, 0.25) is 10.0 Å². The molecule has 78 valence electrons. The zero-order chi connectivity index (χ0) is 9.90. The summed E-state index contributed by atoms with van der Waals surface area (Å²) in [6.07, 6.45) is 0.0723. The minimum atomic E-state index is -3.14. The van der Waals surface area contributed by atoms with E-state index in [1.54, 1.807) is 7.05 Å². The highest BCUT2D eigenvalue weighted by molar-refractivity contribution is 7.89. The van der Waals surface area contributed by atoms with Crippen LogP contribution in [0.1, 0.15) is 6.42 Å². The molecule has 1 rings (SSSR count). The maximum atomic E-state index is 11.5. The Hall–Kier alpha value is -0.170. The molecule has 0 saturated carbocycles. The van der Waals surface area contributed by atoms with Crippen LogP contribution in [-0.2, 0) is 10.0 Å². The first-order chi connectivity index (χ1) is 6.06. The SMILES string of the molecule is CNCCS(=O)(=O)N1CCC(O)C1. The van der Waals surface area contributed by atoms with E-state index in [4.69, 9.17) is 5.11 Å². The van der Waals surface area contributed by atoms with E-state index in [9.17, 15) is 8.42 Å². The Labute approximate surface area is 78.8 Å². The maximum absolute atomic E-state index is 11.5. The normalized spacial score (nSPS) is 25.2. The van der Waals surface area contributed by atoms with Gasteiger partial charge in [0, 0.05) is 19.6 Å². The van der Waals surface area contributed by atoms with Crippen molar-refractivity contribution in [3.63, 3.8) is 0 Å². The molecule has 1 aliphatic heterocycles. The third kappa shape index (κ3) is 2.91. The second-order valence-electron chi connectivity index (χ2n) is 3.22. The van der Waals surface area contributed by atoms with Crippen molar-refractivity contribution in [3.05, 3.63) is 0 Å². The smallest absolute Gasteiger partial charge is 0.215 e. The lowest BCUT2D eigenvalue weighted by molar-refractivity contribution is 0.189. The van der Waals surface area contributed by atoms with E-state index < -0.39 is 16.1 Å². The highest BCUT2D eigenvalue weighted by Gasteiger charge is 2.29. The molecule has 1 unspecified atom stereocenters. The van der Waals surface area contributed by atoms with E-state index in [1.165, 1.54) is 4.31 Å². The molecule has 13 heavy (non-hydrogen) atoms.